The Balaban J connectivity index is 1.37. The molecule has 1 unspecified atom stereocenters. The van der Waals surface area contributed by atoms with Crippen LogP contribution in [0.4, 0.5) is 10.7 Å². The van der Waals surface area contributed by atoms with E-state index in [1.807, 2.05) is 6.92 Å². The smallest absolute Gasteiger partial charge is 0.321 e. The lowest BCUT2D eigenvalue weighted by molar-refractivity contribution is 0.160. The largest absolute Gasteiger partial charge is 0.611 e. The van der Waals surface area contributed by atoms with E-state index in [1.54, 1.807) is 30.3 Å². The molecule has 0 bridgehead atoms. The second kappa shape index (κ2) is 10.3. The van der Waals surface area contributed by atoms with Gasteiger partial charge >= 0.3 is 6.03 Å². The second-order valence-corrected chi connectivity index (χ2v) is 9.10. The van der Waals surface area contributed by atoms with Crippen LogP contribution in [0.3, 0.4) is 0 Å². The van der Waals surface area contributed by atoms with Gasteiger partial charge in [0.05, 0.1) is 18.3 Å². The number of nitrogens with one attached hydrogen (secondary N) is 2. The van der Waals surface area contributed by atoms with Crippen LogP contribution in [-0.4, -0.2) is 63.3 Å². The number of hydrogen-bond donors (Lipinski definition) is 3. The fourth-order valence-electron chi connectivity index (χ4n) is 3.02. The van der Waals surface area contributed by atoms with Gasteiger partial charge in [-0.25, -0.2) is 4.79 Å². The molecule has 1 aromatic carbocycles. The van der Waals surface area contributed by atoms with Crippen molar-refractivity contribution in [2.75, 3.05) is 31.6 Å². The molecular formula is C19H25ClN4O4S. The first-order valence-electron chi connectivity index (χ1n) is 9.51. The lowest BCUT2D eigenvalue weighted by Gasteiger charge is -2.39. The zero-order chi connectivity index (χ0) is 20.8. The fraction of sp³-hybridized carbons (Fsp3) is 0.474. The van der Waals surface area contributed by atoms with Gasteiger partial charge in [0, 0.05) is 30.7 Å². The first-order valence-corrected chi connectivity index (χ1v) is 11.1. The quantitative estimate of drug-likeness (QED) is 0.515. The molecule has 29 heavy (non-hydrogen) atoms. The predicted octanol–water partition coefficient (Wildman–Crippen LogP) is 2.25. The Labute approximate surface area is 177 Å². The van der Waals surface area contributed by atoms with Gasteiger partial charge in [-0.2, -0.15) is 0 Å². The van der Waals surface area contributed by atoms with Crippen LogP contribution < -0.4 is 10.6 Å². The number of aromatic nitrogens is 1. The summed E-state index contributed by atoms with van der Waals surface area (Å²) in [5.74, 6) is 0.270. The molecule has 3 rings (SSSR count). The summed E-state index contributed by atoms with van der Waals surface area (Å²) in [6.07, 6.45) is 1.30. The number of aliphatic hydroxyl groups excluding tert-OH is 1. The normalized spacial score (nSPS) is 16.8. The molecule has 158 valence electrons. The summed E-state index contributed by atoms with van der Waals surface area (Å²) in [6, 6.07) is 7.91. The minimum atomic E-state index is -1.06. The zero-order valence-electron chi connectivity index (χ0n) is 16.1. The van der Waals surface area contributed by atoms with E-state index in [9.17, 15) is 14.5 Å². The third-order valence-corrected chi connectivity index (χ3v) is 6.67. The second-order valence-electron chi connectivity index (χ2n) is 6.94. The Hall–Kier alpha value is -1.78. The van der Waals surface area contributed by atoms with Gasteiger partial charge in [-0.05, 0) is 48.3 Å². The average molecular weight is 441 g/mol. The number of halogens is 1. The van der Waals surface area contributed by atoms with Crippen molar-refractivity contribution >= 4 is 34.7 Å². The Bertz CT molecular complexity index is 798. The highest BCUT2D eigenvalue weighted by atomic mass is 35.5. The van der Waals surface area contributed by atoms with Crippen molar-refractivity contribution in [3.05, 3.63) is 41.0 Å². The molecule has 0 saturated carbocycles. The van der Waals surface area contributed by atoms with Gasteiger partial charge < -0.3 is 19.5 Å². The molecule has 0 radical (unpaired) electrons. The van der Waals surface area contributed by atoms with Crippen LogP contribution in [0.15, 0.2) is 39.8 Å². The van der Waals surface area contributed by atoms with Crippen LogP contribution in [0, 0.1) is 0 Å². The van der Waals surface area contributed by atoms with Gasteiger partial charge in [0.2, 0.25) is 5.88 Å². The summed E-state index contributed by atoms with van der Waals surface area (Å²) in [5, 5.41) is 19.4. The SMILES string of the molecule is CCc1cc(NC(=O)NC(CO)CCN2CC([S@+]([O-])c3ccc(Cl)cc3)C2)on1. The standard InChI is InChI=1S/C19H25ClN4O4S/c1-2-14-9-18(28-23-14)22-19(26)21-15(12-25)7-8-24-10-17(11-24)29(27)16-5-3-13(20)4-6-16/h3-6,9,15,17,25H,2,7-8,10-12H2,1H3,(H2,21,22,26)/t15?,29-/m1/s1. The number of carbonyl (C=O) groups excluding carboxylic acids is 1. The van der Waals surface area contributed by atoms with E-state index in [2.05, 4.69) is 20.7 Å². The summed E-state index contributed by atoms with van der Waals surface area (Å²) >= 11 is 4.81. The molecule has 2 amide bonds. The highest BCUT2D eigenvalue weighted by Gasteiger charge is 2.37. The van der Waals surface area contributed by atoms with E-state index in [-0.39, 0.29) is 23.8 Å². The van der Waals surface area contributed by atoms with Crippen LogP contribution in [-0.2, 0) is 17.6 Å². The van der Waals surface area contributed by atoms with Crippen molar-refractivity contribution in [3.63, 3.8) is 0 Å². The third-order valence-electron chi connectivity index (χ3n) is 4.78. The summed E-state index contributed by atoms with van der Waals surface area (Å²) in [6.45, 7) is 3.91. The molecule has 10 heteroatoms. The van der Waals surface area contributed by atoms with Gasteiger partial charge in [0.25, 0.3) is 0 Å². The number of hydrogen-bond acceptors (Lipinski definition) is 6. The maximum absolute atomic E-state index is 12.5. The van der Waals surface area contributed by atoms with Crippen LogP contribution in [0.25, 0.3) is 0 Å². The molecule has 2 aromatic rings. The molecule has 2 heterocycles. The average Bonchev–Trinajstić information content (AvgIpc) is 3.13. The van der Waals surface area contributed by atoms with E-state index < -0.39 is 17.2 Å². The Morgan fingerprint density at radius 2 is 2.17 bits per heavy atom. The van der Waals surface area contributed by atoms with E-state index >= 15 is 0 Å². The molecule has 8 nitrogen and oxygen atoms in total. The fourth-order valence-corrected chi connectivity index (χ4v) is 4.63. The number of anilines is 1. The monoisotopic (exact) mass is 440 g/mol. The minimum absolute atomic E-state index is 0.0826. The van der Waals surface area contributed by atoms with Crippen molar-refractivity contribution in [1.29, 1.82) is 0 Å². The number of rotatable bonds is 9. The lowest BCUT2D eigenvalue weighted by atomic mass is 10.1. The van der Waals surface area contributed by atoms with Gasteiger partial charge in [-0.1, -0.05) is 23.7 Å². The zero-order valence-corrected chi connectivity index (χ0v) is 17.7. The van der Waals surface area contributed by atoms with E-state index in [0.29, 0.717) is 24.4 Å². The van der Waals surface area contributed by atoms with Crippen LogP contribution in [0.2, 0.25) is 5.02 Å². The van der Waals surface area contributed by atoms with Crippen LogP contribution >= 0.6 is 11.6 Å². The van der Waals surface area contributed by atoms with Crippen molar-refractivity contribution in [3.8, 4) is 0 Å². The molecule has 0 aliphatic carbocycles. The van der Waals surface area contributed by atoms with Crippen molar-refractivity contribution in [1.82, 2.24) is 15.4 Å². The van der Waals surface area contributed by atoms with E-state index in [0.717, 1.165) is 23.7 Å². The summed E-state index contributed by atoms with van der Waals surface area (Å²) in [4.78, 5) is 15.0. The van der Waals surface area contributed by atoms with Crippen molar-refractivity contribution in [2.24, 2.45) is 0 Å². The van der Waals surface area contributed by atoms with Gasteiger partial charge in [-0.15, -0.1) is 0 Å². The third kappa shape index (κ3) is 6.10. The molecule has 1 aliphatic rings. The summed E-state index contributed by atoms with van der Waals surface area (Å²) < 4.78 is 17.6. The lowest BCUT2D eigenvalue weighted by Crippen LogP contribution is -2.55. The molecular weight excluding hydrogens is 416 g/mol. The highest BCUT2D eigenvalue weighted by Crippen LogP contribution is 2.25. The van der Waals surface area contributed by atoms with Crippen LogP contribution in [0.5, 0.6) is 0 Å². The summed E-state index contributed by atoms with van der Waals surface area (Å²) in [7, 11) is 0. The van der Waals surface area contributed by atoms with Gasteiger partial charge in [0.15, 0.2) is 4.90 Å². The molecule has 1 saturated heterocycles. The van der Waals surface area contributed by atoms with Crippen LogP contribution in [0.1, 0.15) is 19.0 Å². The first kappa shape index (κ1) is 21.9. The van der Waals surface area contributed by atoms with E-state index in [1.165, 1.54) is 0 Å². The molecule has 1 aromatic heterocycles. The van der Waals surface area contributed by atoms with Gasteiger partial charge in [-0.3, -0.25) is 10.2 Å². The molecule has 3 N–H and O–H groups in total. The Kier molecular flexibility index (Phi) is 7.79. The number of benzene rings is 1. The molecule has 0 spiro atoms. The van der Waals surface area contributed by atoms with Crippen molar-refractivity contribution in [2.45, 2.75) is 36.0 Å². The number of nitrogens with zero attached hydrogens (tertiary/aromatic N) is 2. The number of carbonyl (C=O) groups is 1. The summed E-state index contributed by atoms with van der Waals surface area (Å²) in [5.41, 5.74) is 0.752. The first-order chi connectivity index (χ1) is 14.0. The van der Waals surface area contributed by atoms with Gasteiger partial charge in [0.1, 0.15) is 5.25 Å². The number of likely N-dealkylation sites (tertiary alicyclic amines) is 1. The molecule has 1 fully saturated rings. The highest BCUT2D eigenvalue weighted by molar-refractivity contribution is 7.92. The maximum Gasteiger partial charge on any atom is 0.321 e. The number of urea groups is 1. The van der Waals surface area contributed by atoms with E-state index in [4.69, 9.17) is 16.1 Å². The number of amides is 2. The number of aliphatic hydroxyl groups is 1. The Morgan fingerprint density at radius 3 is 2.79 bits per heavy atom. The maximum atomic E-state index is 12.5. The number of aryl methyl sites for hydroxylation is 1. The van der Waals surface area contributed by atoms with Crippen molar-refractivity contribution < 1.29 is 19.0 Å². The minimum Gasteiger partial charge on any atom is -0.611 e. The topological polar surface area (TPSA) is 114 Å². The molecule has 2 atom stereocenters. The molecule has 1 aliphatic heterocycles. The Morgan fingerprint density at radius 1 is 1.45 bits per heavy atom. The predicted molar refractivity (Wildman–Crippen MR) is 112 cm³/mol.